The summed E-state index contributed by atoms with van der Waals surface area (Å²) in [6.07, 6.45) is -3.62. The Morgan fingerprint density at radius 2 is 2.05 bits per heavy atom. The first-order chi connectivity index (χ1) is 9.81. The number of nitrogens with zero attached hydrogens (tertiary/aromatic N) is 1. The molecule has 0 aliphatic rings. The van der Waals surface area contributed by atoms with Crippen LogP contribution in [0.1, 0.15) is 23.4 Å². The van der Waals surface area contributed by atoms with E-state index in [1.165, 1.54) is 25.3 Å². The number of thiazole rings is 1. The summed E-state index contributed by atoms with van der Waals surface area (Å²) in [7, 11) is 1.34. The molecule has 0 aliphatic carbocycles. The summed E-state index contributed by atoms with van der Waals surface area (Å²) in [4.78, 5) is 2.92. The van der Waals surface area contributed by atoms with E-state index in [-0.39, 0.29) is 16.9 Å². The van der Waals surface area contributed by atoms with Crippen molar-refractivity contribution in [3.63, 3.8) is 0 Å². The fourth-order valence-corrected chi connectivity index (χ4v) is 2.46. The number of rotatable bonds is 4. The average Bonchev–Trinajstić information content (AvgIpc) is 2.87. The minimum absolute atomic E-state index is 0.0799. The lowest BCUT2D eigenvalue weighted by molar-refractivity contribution is -0.134. The number of halogens is 4. The number of ether oxygens (including phenoxy) is 1. The summed E-state index contributed by atoms with van der Waals surface area (Å²) in [6, 6.07) is 3.93. The van der Waals surface area contributed by atoms with Crippen molar-refractivity contribution >= 4 is 16.5 Å². The second kappa shape index (κ2) is 5.88. The van der Waals surface area contributed by atoms with E-state index in [0.717, 1.165) is 6.20 Å². The minimum atomic E-state index is -4.40. The van der Waals surface area contributed by atoms with Crippen LogP contribution in [0.4, 0.5) is 22.7 Å². The summed E-state index contributed by atoms with van der Waals surface area (Å²) < 4.78 is 55.7. The number of hydrogen-bond donors (Lipinski definition) is 1. The number of nitrogens with one attached hydrogen (secondary N) is 1. The van der Waals surface area contributed by atoms with Gasteiger partial charge in [-0.25, -0.2) is 9.37 Å². The van der Waals surface area contributed by atoms with Gasteiger partial charge >= 0.3 is 6.18 Å². The van der Waals surface area contributed by atoms with Crippen molar-refractivity contribution in [1.82, 2.24) is 4.98 Å². The average molecular weight is 320 g/mol. The topological polar surface area (TPSA) is 34.1 Å². The van der Waals surface area contributed by atoms with Crippen molar-refractivity contribution < 1.29 is 22.3 Å². The third-order valence-corrected chi connectivity index (χ3v) is 3.77. The normalized spacial score (nSPS) is 13.0. The molecule has 0 spiro atoms. The van der Waals surface area contributed by atoms with Gasteiger partial charge in [-0.15, -0.1) is 0 Å². The van der Waals surface area contributed by atoms with E-state index in [4.69, 9.17) is 4.74 Å². The van der Waals surface area contributed by atoms with Crippen LogP contribution in [0.15, 0.2) is 24.4 Å². The van der Waals surface area contributed by atoms with Crippen molar-refractivity contribution in [2.45, 2.75) is 19.1 Å². The SMILES string of the molecule is COc1cc(C(C)Nc2ncc(C(F)(F)F)s2)ccc1F. The molecule has 1 N–H and O–H groups in total. The van der Waals surface area contributed by atoms with E-state index >= 15 is 0 Å². The molecule has 2 aromatic rings. The smallest absolute Gasteiger partial charge is 0.427 e. The summed E-state index contributed by atoms with van der Waals surface area (Å²) in [5.74, 6) is -0.418. The van der Waals surface area contributed by atoms with Gasteiger partial charge in [-0.1, -0.05) is 17.4 Å². The maximum Gasteiger partial charge on any atom is 0.427 e. The van der Waals surface area contributed by atoms with Gasteiger partial charge in [0.25, 0.3) is 0 Å². The zero-order chi connectivity index (χ0) is 15.6. The van der Waals surface area contributed by atoms with Crippen LogP contribution in [0.25, 0.3) is 0 Å². The highest BCUT2D eigenvalue weighted by Crippen LogP contribution is 2.36. The van der Waals surface area contributed by atoms with Crippen LogP contribution in [0.2, 0.25) is 0 Å². The highest BCUT2D eigenvalue weighted by Gasteiger charge is 2.33. The number of anilines is 1. The number of methoxy groups -OCH3 is 1. The van der Waals surface area contributed by atoms with E-state index < -0.39 is 16.9 Å². The Labute approximate surface area is 122 Å². The number of hydrogen-bond acceptors (Lipinski definition) is 4. The molecule has 1 aromatic carbocycles. The fourth-order valence-electron chi connectivity index (χ4n) is 1.69. The fraction of sp³-hybridized carbons (Fsp3) is 0.308. The molecule has 2 rings (SSSR count). The van der Waals surface area contributed by atoms with E-state index in [0.29, 0.717) is 16.9 Å². The zero-order valence-corrected chi connectivity index (χ0v) is 12.0. The Balaban J connectivity index is 2.14. The molecule has 1 heterocycles. The summed E-state index contributed by atoms with van der Waals surface area (Å²) in [5.41, 5.74) is 0.678. The van der Waals surface area contributed by atoms with Gasteiger partial charge in [-0.2, -0.15) is 13.2 Å². The lowest BCUT2D eigenvalue weighted by Gasteiger charge is -2.14. The van der Waals surface area contributed by atoms with Gasteiger partial charge in [-0.05, 0) is 24.6 Å². The van der Waals surface area contributed by atoms with E-state index in [1.807, 2.05) is 0 Å². The Morgan fingerprint density at radius 1 is 1.33 bits per heavy atom. The first-order valence-electron chi connectivity index (χ1n) is 5.94. The van der Waals surface area contributed by atoms with Crippen molar-refractivity contribution in [1.29, 1.82) is 0 Å². The summed E-state index contributed by atoms with van der Waals surface area (Å²) in [6.45, 7) is 1.74. The number of aromatic nitrogens is 1. The molecule has 8 heteroatoms. The van der Waals surface area contributed by atoms with Crippen LogP contribution >= 0.6 is 11.3 Å². The first kappa shape index (κ1) is 15.6. The van der Waals surface area contributed by atoms with Gasteiger partial charge in [0.05, 0.1) is 19.3 Å². The molecular formula is C13H12F4N2OS. The third-order valence-electron chi connectivity index (χ3n) is 2.80. The molecule has 0 aliphatic heterocycles. The van der Waals surface area contributed by atoms with Crippen LogP contribution in [-0.2, 0) is 6.18 Å². The predicted molar refractivity (Wildman–Crippen MR) is 72.1 cm³/mol. The van der Waals surface area contributed by atoms with Crippen molar-refractivity contribution in [3.05, 3.63) is 40.7 Å². The minimum Gasteiger partial charge on any atom is -0.494 e. The molecular weight excluding hydrogens is 308 g/mol. The number of benzene rings is 1. The van der Waals surface area contributed by atoms with E-state index in [1.54, 1.807) is 6.92 Å². The molecule has 3 nitrogen and oxygen atoms in total. The zero-order valence-electron chi connectivity index (χ0n) is 11.2. The largest absolute Gasteiger partial charge is 0.494 e. The lowest BCUT2D eigenvalue weighted by atomic mass is 10.1. The highest BCUT2D eigenvalue weighted by atomic mass is 32.1. The van der Waals surface area contributed by atoms with Crippen molar-refractivity contribution in [2.24, 2.45) is 0 Å². The Morgan fingerprint density at radius 3 is 2.62 bits per heavy atom. The Bertz CT molecular complexity index is 627. The van der Waals surface area contributed by atoms with Gasteiger partial charge in [0.2, 0.25) is 0 Å². The maximum absolute atomic E-state index is 13.3. The highest BCUT2D eigenvalue weighted by molar-refractivity contribution is 7.15. The molecule has 1 unspecified atom stereocenters. The van der Waals surface area contributed by atoms with Crippen LogP contribution < -0.4 is 10.1 Å². The van der Waals surface area contributed by atoms with Gasteiger partial charge in [0.15, 0.2) is 16.7 Å². The molecule has 0 fully saturated rings. The van der Waals surface area contributed by atoms with Crippen molar-refractivity contribution in [3.8, 4) is 5.75 Å². The first-order valence-corrected chi connectivity index (χ1v) is 6.76. The van der Waals surface area contributed by atoms with Crippen molar-refractivity contribution in [2.75, 3.05) is 12.4 Å². The molecule has 0 saturated carbocycles. The van der Waals surface area contributed by atoms with Gasteiger partial charge in [0, 0.05) is 0 Å². The molecule has 0 bridgehead atoms. The molecule has 0 amide bonds. The monoisotopic (exact) mass is 320 g/mol. The van der Waals surface area contributed by atoms with Crippen LogP contribution in [0, 0.1) is 5.82 Å². The molecule has 21 heavy (non-hydrogen) atoms. The Hall–Kier alpha value is -1.83. The van der Waals surface area contributed by atoms with Crippen LogP contribution in [0.3, 0.4) is 0 Å². The van der Waals surface area contributed by atoms with Gasteiger partial charge < -0.3 is 10.1 Å². The van der Waals surface area contributed by atoms with E-state index in [9.17, 15) is 17.6 Å². The van der Waals surface area contributed by atoms with Gasteiger partial charge in [0.1, 0.15) is 4.88 Å². The second-order valence-corrected chi connectivity index (χ2v) is 5.32. The predicted octanol–water partition coefficient (Wildman–Crippen LogP) is 4.48. The maximum atomic E-state index is 13.3. The lowest BCUT2D eigenvalue weighted by Crippen LogP contribution is -2.06. The molecule has 0 radical (unpaired) electrons. The quantitative estimate of drug-likeness (QED) is 0.843. The molecule has 0 saturated heterocycles. The second-order valence-electron chi connectivity index (χ2n) is 4.29. The third kappa shape index (κ3) is 3.63. The number of alkyl halides is 3. The Kier molecular flexibility index (Phi) is 4.36. The summed E-state index contributed by atoms with van der Waals surface area (Å²) in [5, 5.41) is 3.00. The van der Waals surface area contributed by atoms with Crippen LogP contribution in [-0.4, -0.2) is 12.1 Å². The van der Waals surface area contributed by atoms with Gasteiger partial charge in [-0.3, -0.25) is 0 Å². The standard InChI is InChI=1S/C13H12F4N2OS/c1-7(8-3-4-9(14)10(5-8)20-2)19-12-18-6-11(21-12)13(15,16)17/h3-7H,1-2H3,(H,18,19). The molecule has 114 valence electrons. The summed E-state index contributed by atoms with van der Waals surface area (Å²) >= 11 is 0.523. The molecule has 1 atom stereocenters. The van der Waals surface area contributed by atoms with Crippen LogP contribution in [0.5, 0.6) is 5.75 Å². The van der Waals surface area contributed by atoms with E-state index in [2.05, 4.69) is 10.3 Å². The molecule has 1 aromatic heterocycles.